The third kappa shape index (κ3) is 1.63. The van der Waals surface area contributed by atoms with Gasteiger partial charge in [-0.15, -0.1) is 0 Å². The van der Waals surface area contributed by atoms with Crippen molar-refractivity contribution in [2.75, 3.05) is 17.7 Å². The Balaban J connectivity index is 2.42. The third-order valence-corrected chi connectivity index (χ3v) is 2.49. The molecule has 1 heterocycles. The summed E-state index contributed by atoms with van der Waals surface area (Å²) in [5, 5.41) is 6.01. The Kier molecular flexibility index (Phi) is 2.07. The van der Waals surface area contributed by atoms with Crippen molar-refractivity contribution < 1.29 is 9.53 Å². The van der Waals surface area contributed by atoms with Crippen LogP contribution in [0.1, 0.15) is 13.8 Å². The van der Waals surface area contributed by atoms with Gasteiger partial charge >= 0.3 is 0 Å². The monoisotopic (exact) mass is 206 g/mol. The molecule has 1 aromatic rings. The van der Waals surface area contributed by atoms with E-state index in [1.165, 1.54) is 0 Å². The second kappa shape index (κ2) is 3.15. The first kappa shape index (κ1) is 9.83. The van der Waals surface area contributed by atoms with Gasteiger partial charge in [-0.25, -0.2) is 0 Å². The van der Waals surface area contributed by atoms with Crippen LogP contribution in [0.25, 0.3) is 0 Å². The van der Waals surface area contributed by atoms with Crippen molar-refractivity contribution in [3.63, 3.8) is 0 Å². The number of anilines is 2. The molecule has 1 aliphatic heterocycles. The van der Waals surface area contributed by atoms with Gasteiger partial charge in [0.2, 0.25) is 5.91 Å². The fraction of sp³-hybridized carbons (Fsp3) is 0.364. The van der Waals surface area contributed by atoms with E-state index in [0.717, 1.165) is 17.1 Å². The van der Waals surface area contributed by atoms with E-state index in [1.807, 2.05) is 32.0 Å². The van der Waals surface area contributed by atoms with E-state index >= 15 is 0 Å². The summed E-state index contributed by atoms with van der Waals surface area (Å²) in [4.78, 5) is 11.6. The van der Waals surface area contributed by atoms with Gasteiger partial charge in [-0.3, -0.25) is 4.79 Å². The SMILES string of the molecule is COc1ccc2c(c1)NC(C)(C)C(=O)N2. The van der Waals surface area contributed by atoms with E-state index < -0.39 is 5.54 Å². The number of rotatable bonds is 1. The fourth-order valence-electron chi connectivity index (χ4n) is 1.53. The maximum absolute atomic E-state index is 11.6. The first-order valence-electron chi connectivity index (χ1n) is 4.80. The molecule has 2 rings (SSSR count). The predicted molar refractivity (Wildman–Crippen MR) is 59.3 cm³/mol. The maximum Gasteiger partial charge on any atom is 0.249 e. The minimum absolute atomic E-state index is 0.0276. The number of nitrogens with one attached hydrogen (secondary N) is 2. The molecular formula is C11H14N2O2. The lowest BCUT2D eigenvalue weighted by Crippen LogP contribution is -2.47. The number of benzene rings is 1. The highest BCUT2D eigenvalue weighted by Gasteiger charge is 2.32. The minimum Gasteiger partial charge on any atom is -0.497 e. The number of methoxy groups -OCH3 is 1. The highest BCUT2D eigenvalue weighted by atomic mass is 16.5. The predicted octanol–water partition coefficient (Wildman–Crippen LogP) is 1.84. The summed E-state index contributed by atoms with van der Waals surface area (Å²) in [6.07, 6.45) is 0. The van der Waals surface area contributed by atoms with Gasteiger partial charge in [0.1, 0.15) is 11.3 Å². The second-order valence-electron chi connectivity index (χ2n) is 4.12. The van der Waals surface area contributed by atoms with Crippen LogP contribution < -0.4 is 15.4 Å². The standard InChI is InChI=1S/C11H14N2O2/c1-11(2)10(14)12-8-5-4-7(15-3)6-9(8)13-11/h4-6,13H,1-3H3,(H,12,14). The summed E-state index contributed by atoms with van der Waals surface area (Å²) in [7, 11) is 1.62. The van der Waals surface area contributed by atoms with Crippen molar-refractivity contribution in [3.05, 3.63) is 18.2 Å². The van der Waals surface area contributed by atoms with Gasteiger partial charge in [0.15, 0.2) is 0 Å². The summed E-state index contributed by atoms with van der Waals surface area (Å²) in [6.45, 7) is 3.68. The van der Waals surface area contributed by atoms with Crippen LogP contribution in [0.3, 0.4) is 0 Å². The molecule has 0 atom stereocenters. The van der Waals surface area contributed by atoms with Gasteiger partial charge in [-0.2, -0.15) is 0 Å². The Bertz CT molecular complexity index is 413. The van der Waals surface area contributed by atoms with Crippen LogP contribution in [0, 0.1) is 0 Å². The van der Waals surface area contributed by atoms with Gasteiger partial charge in [0.05, 0.1) is 18.5 Å². The van der Waals surface area contributed by atoms with Crippen molar-refractivity contribution in [2.24, 2.45) is 0 Å². The van der Waals surface area contributed by atoms with Crippen molar-refractivity contribution in [2.45, 2.75) is 19.4 Å². The van der Waals surface area contributed by atoms with Gasteiger partial charge in [0.25, 0.3) is 0 Å². The Hall–Kier alpha value is -1.71. The Labute approximate surface area is 88.6 Å². The lowest BCUT2D eigenvalue weighted by molar-refractivity contribution is -0.119. The Morgan fingerprint density at radius 3 is 2.67 bits per heavy atom. The molecule has 15 heavy (non-hydrogen) atoms. The van der Waals surface area contributed by atoms with Crippen LogP contribution in [0.5, 0.6) is 5.75 Å². The molecule has 4 heteroatoms. The van der Waals surface area contributed by atoms with Crippen molar-refractivity contribution in [1.29, 1.82) is 0 Å². The molecular weight excluding hydrogens is 192 g/mol. The van der Waals surface area contributed by atoms with Crippen molar-refractivity contribution >= 4 is 17.3 Å². The lowest BCUT2D eigenvalue weighted by atomic mass is 10.00. The number of carbonyl (C=O) groups is 1. The first-order valence-corrected chi connectivity index (χ1v) is 4.80. The molecule has 0 aromatic heterocycles. The van der Waals surface area contributed by atoms with E-state index in [2.05, 4.69) is 10.6 Å². The van der Waals surface area contributed by atoms with Crippen molar-refractivity contribution in [1.82, 2.24) is 0 Å². The highest BCUT2D eigenvalue weighted by Crippen LogP contribution is 2.33. The highest BCUT2D eigenvalue weighted by molar-refractivity contribution is 6.05. The summed E-state index contributed by atoms with van der Waals surface area (Å²) >= 11 is 0. The van der Waals surface area contributed by atoms with Crippen molar-refractivity contribution in [3.8, 4) is 5.75 Å². The number of ether oxygens (including phenoxy) is 1. The van der Waals surface area contributed by atoms with Crippen LogP contribution >= 0.6 is 0 Å². The van der Waals surface area contributed by atoms with Gasteiger partial charge in [-0.05, 0) is 26.0 Å². The smallest absolute Gasteiger partial charge is 0.249 e. The molecule has 1 amide bonds. The number of carbonyl (C=O) groups excluding carboxylic acids is 1. The molecule has 0 aliphatic carbocycles. The molecule has 0 saturated carbocycles. The molecule has 0 saturated heterocycles. The van der Waals surface area contributed by atoms with Gasteiger partial charge in [-0.1, -0.05) is 0 Å². The quantitative estimate of drug-likeness (QED) is 0.737. The normalized spacial score (nSPS) is 17.4. The number of hydrogen-bond acceptors (Lipinski definition) is 3. The van der Waals surface area contributed by atoms with Crippen LogP contribution in [0.15, 0.2) is 18.2 Å². The van der Waals surface area contributed by atoms with E-state index in [1.54, 1.807) is 7.11 Å². The van der Waals surface area contributed by atoms with E-state index in [4.69, 9.17) is 4.74 Å². The average molecular weight is 206 g/mol. The third-order valence-electron chi connectivity index (χ3n) is 2.49. The Morgan fingerprint density at radius 1 is 1.27 bits per heavy atom. The zero-order valence-corrected chi connectivity index (χ0v) is 9.05. The average Bonchev–Trinajstić information content (AvgIpc) is 2.18. The first-order chi connectivity index (χ1) is 7.03. The molecule has 2 N–H and O–H groups in total. The molecule has 1 aromatic carbocycles. The molecule has 0 spiro atoms. The fourth-order valence-corrected chi connectivity index (χ4v) is 1.53. The summed E-state index contributed by atoms with van der Waals surface area (Å²) in [5.41, 5.74) is 1.10. The van der Waals surface area contributed by atoms with E-state index in [9.17, 15) is 4.79 Å². The lowest BCUT2D eigenvalue weighted by Gasteiger charge is -2.32. The molecule has 0 unspecified atom stereocenters. The maximum atomic E-state index is 11.6. The summed E-state index contributed by atoms with van der Waals surface area (Å²) < 4.78 is 5.12. The zero-order valence-electron chi connectivity index (χ0n) is 9.05. The topological polar surface area (TPSA) is 50.4 Å². The van der Waals surface area contributed by atoms with Gasteiger partial charge < -0.3 is 15.4 Å². The van der Waals surface area contributed by atoms with Crippen LogP contribution in [0.2, 0.25) is 0 Å². The second-order valence-corrected chi connectivity index (χ2v) is 4.12. The largest absolute Gasteiger partial charge is 0.497 e. The summed E-state index contributed by atoms with van der Waals surface area (Å²) in [6, 6.07) is 5.52. The van der Waals surface area contributed by atoms with E-state index in [-0.39, 0.29) is 5.91 Å². The van der Waals surface area contributed by atoms with Crippen LogP contribution in [-0.2, 0) is 4.79 Å². The molecule has 0 fully saturated rings. The van der Waals surface area contributed by atoms with Gasteiger partial charge in [0, 0.05) is 6.07 Å². The molecule has 80 valence electrons. The number of fused-ring (bicyclic) bond motifs is 1. The summed E-state index contributed by atoms with van der Waals surface area (Å²) in [5.74, 6) is 0.744. The minimum atomic E-state index is -0.584. The van der Waals surface area contributed by atoms with Crippen LogP contribution in [-0.4, -0.2) is 18.6 Å². The molecule has 4 nitrogen and oxygen atoms in total. The molecule has 0 bridgehead atoms. The zero-order chi connectivity index (χ0) is 11.1. The number of hydrogen-bond donors (Lipinski definition) is 2. The van der Waals surface area contributed by atoms with Crippen LogP contribution in [0.4, 0.5) is 11.4 Å². The number of amides is 1. The molecule has 0 radical (unpaired) electrons. The Morgan fingerprint density at radius 2 is 2.00 bits per heavy atom. The molecule has 1 aliphatic rings. The van der Waals surface area contributed by atoms with E-state index in [0.29, 0.717) is 0 Å².